The van der Waals surface area contributed by atoms with E-state index in [-0.39, 0.29) is 79.4 Å². The van der Waals surface area contributed by atoms with Gasteiger partial charge < -0.3 is 30.7 Å². The van der Waals surface area contributed by atoms with E-state index in [1.54, 1.807) is 50.2 Å². The molecule has 5 aromatic rings. The number of carbonyl (C=O) groups is 6. The number of nitrogens with zero attached hydrogens (tertiary/aromatic N) is 4. The van der Waals surface area contributed by atoms with Gasteiger partial charge in [-0.05, 0) is 125 Å². The van der Waals surface area contributed by atoms with Crippen LogP contribution in [0.1, 0.15) is 84.1 Å². The minimum atomic E-state index is -1.68. The van der Waals surface area contributed by atoms with E-state index < -0.39 is 47.3 Å². The summed E-state index contributed by atoms with van der Waals surface area (Å²) in [5.74, 6) is -4.20. The molecular formula is C48H46Cl4N8O8. The van der Waals surface area contributed by atoms with Gasteiger partial charge in [-0.25, -0.2) is 0 Å². The number of hydrogen-bond acceptors (Lipinski definition) is 12. The van der Waals surface area contributed by atoms with Gasteiger partial charge in [0.2, 0.25) is 12.1 Å². The number of benzene rings is 5. The molecule has 0 saturated heterocycles. The second-order valence-corrected chi connectivity index (χ2v) is 17.0. The van der Waals surface area contributed by atoms with Crippen LogP contribution in [0.5, 0.6) is 11.5 Å². The Morgan fingerprint density at radius 2 is 0.926 bits per heavy atom. The summed E-state index contributed by atoms with van der Waals surface area (Å²) in [6.07, 6.45) is 0. The second kappa shape index (κ2) is 24.3. The molecule has 5 aromatic carbocycles. The van der Waals surface area contributed by atoms with Crippen molar-refractivity contribution in [3.63, 3.8) is 0 Å². The Balaban J connectivity index is 1.34. The summed E-state index contributed by atoms with van der Waals surface area (Å²) in [7, 11) is 0. The Morgan fingerprint density at radius 3 is 1.26 bits per heavy atom. The number of carbonyl (C=O) groups excluding carboxylic acids is 6. The fourth-order valence-corrected chi connectivity index (χ4v) is 6.79. The van der Waals surface area contributed by atoms with Crippen molar-refractivity contribution in [3.05, 3.63) is 129 Å². The van der Waals surface area contributed by atoms with E-state index >= 15 is 0 Å². The van der Waals surface area contributed by atoms with Crippen molar-refractivity contribution in [2.24, 2.45) is 20.5 Å². The molecule has 0 spiro atoms. The summed E-state index contributed by atoms with van der Waals surface area (Å²) < 4.78 is 11.8. The molecule has 0 aliphatic rings. The molecule has 354 valence electrons. The van der Waals surface area contributed by atoms with Crippen LogP contribution < -0.4 is 30.7 Å². The lowest BCUT2D eigenvalue weighted by molar-refractivity contribution is -0.127. The highest BCUT2D eigenvalue weighted by Crippen LogP contribution is 2.42. The van der Waals surface area contributed by atoms with Crippen molar-refractivity contribution in [2.75, 3.05) is 34.5 Å². The van der Waals surface area contributed by atoms with Crippen molar-refractivity contribution in [1.82, 2.24) is 0 Å². The Bertz CT molecular complexity index is 2600. The van der Waals surface area contributed by atoms with E-state index in [0.29, 0.717) is 11.4 Å². The van der Waals surface area contributed by atoms with Gasteiger partial charge in [0.05, 0.1) is 45.4 Å². The topological polar surface area (TPSA) is 218 Å². The Morgan fingerprint density at radius 1 is 0.544 bits per heavy atom. The van der Waals surface area contributed by atoms with Gasteiger partial charge in [-0.2, -0.15) is 20.5 Å². The van der Waals surface area contributed by atoms with E-state index in [2.05, 4.69) is 41.7 Å². The van der Waals surface area contributed by atoms with Gasteiger partial charge in [0.15, 0.2) is 23.1 Å². The number of alkyl halides is 2. The summed E-state index contributed by atoms with van der Waals surface area (Å²) >= 11 is 25.2. The van der Waals surface area contributed by atoms with E-state index in [1.165, 1.54) is 48.5 Å². The zero-order valence-corrected chi connectivity index (χ0v) is 40.6. The van der Waals surface area contributed by atoms with Crippen LogP contribution in [-0.2, 0) is 19.2 Å². The number of nitrogens with one attached hydrogen (secondary N) is 4. The number of ketones is 2. The number of anilines is 4. The number of ether oxygens (including phenoxy) is 2. The smallest absolute Gasteiger partial charge is 0.258 e. The molecule has 4 unspecified atom stereocenters. The highest BCUT2D eigenvalue weighted by atomic mass is 35.5. The van der Waals surface area contributed by atoms with E-state index in [1.807, 2.05) is 26.0 Å². The molecule has 0 aromatic heterocycles. The molecule has 20 heteroatoms. The number of amides is 4. The molecule has 4 atom stereocenters. The SMILES string of the molecule is CCOc1c(NC(=O)C(N=Nc2cc(C(=O)Nc3cccc(C(C)Cl)c3)ccc2Cl)C(C)=O)ccc(NC(=O)C(N=Nc2cc(C(=O)Nc3cccc(C(C)Cl)c3)ccc2Cl)C(C)=O)c1OCC. The van der Waals surface area contributed by atoms with Crippen molar-refractivity contribution in [3.8, 4) is 11.5 Å². The van der Waals surface area contributed by atoms with Crippen LogP contribution in [0.2, 0.25) is 10.0 Å². The van der Waals surface area contributed by atoms with Gasteiger partial charge in [-0.3, -0.25) is 28.8 Å². The van der Waals surface area contributed by atoms with E-state index in [0.717, 1.165) is 25.0 Å². The summed E-state index contributed by atoms with van der Waals surface area (Å²) in [4.78, 5) is 79.3. The summed E-state index contributed by atoms with van der Waals surface area (Å²) in [6, 6.07) is 22.0. The molecule has 0 bridgehead atoms. The van der Waals surface area contributed by atoms with E-state index in [4.69, 9.17) is 55.9 Å². The lowest BCUT2D eigenvalue weighted by Gasteiger charge is -2.20. The first kappa shape index (κ1) is 52.3. The van der Waals surface area contributed by atoms with Gasteiger partial charge in [-0.15, -0.1) is 23.2 Å². The third kappa shape index (κ3) is 13.9. The van der Waals surface area contributed by atoms with Crippen LogP contribution in [0.3, 0.4) is 0 Å². The number of azo groups is 2. The zero-order chi connectivity index (χ0) is 49.7. The fraction of sp³-hybridized carbons (Fsp3) is 0.250. The normalized spacial score (nSPS) is 13.0. The van der Waals surface area contributed by atoms with Crippen molar-refractivity contribution in [1.29, 1.82) is 0 Å². The minimum Gasteiger partial charge on any atom is -0.488 e. The van der Waals surface area contributed by atoms with Gasteiger partial charge in [-0.1, -0.05) is 47.5 Å². The maximum Gasteiger partial charge on any atom is 0.258 e. The maximum absolute atomic E-state index is 13.7. The molecule has 0 saturated carbocycles. The molecule has 68 heavy (non-hydrogen) atoms. The first-order valence-corrected chi connectivity index (χ1v) is 22.6. The van der Waals surface area contributed by atoms with Gasteiger partial charge in [0.1, 0.15) is 11.4 Å². The highest BCUT2D eigenvalue weighted by Gasteiger charge is 2.29. The number of rotatable bonds is 20. The number of halogens is 4. The summed E-state index contributed by atoms with van der Waals surface area (Å²) in [5, 5.41) is 26.6. The van der Waals surface area contributed by atoms with Crippen molar-refractivity contribution in [2.45, 2.75) is 64.4 Å². The predicted octanol–water partition coefficient (Wildman–Crippen LogP) is 12.3. The molecule has 5 rings (SSSR count). The van der Waals surface area contributed by atoms with Crippen LogP contribution in [0.15, 0.2) is 118 Å². The first-order chi connectivity index (χ1) is 32.4. The molecule has 0 heterocycles. The zero-order valence-electron chi connectivity index (χ0n) is 37.5. The second-order valence-electron chi connectivity index (χ2n) is 14.8. The van der Waals surface area contributed by atoms with Crippen LogP contribution in [0.4, 0.5) is 34.1 Å². The summed E-state index contributed by atoms with van der Waals surface area (Å²) in [6.45, 7) is 9.38. The molecule has 16 nitrogen and oxygen atoms in total. The Labute approximate surface area is 412 Å². The monoisotopic (exact) mass is 1000 g/mol. The highest BCUT2D eigenvalue weighted by molar-refractivity contribution is 6.33. The standard InChI is InChI=1S/C48H46Cl4N8O8/c1-7-67-43-37(55-47(65)41(27(5)61)59-57-39-23-31(15-17-35(39)51)45(63)53-33-13-9-11-29(21-33)25(3)49)19-20-38(44(43)68-8-2)56-48(66)42(28(6)62)60-58-40-24-32(16-18-36(40)52)46(64)54-34-14-10-12-30(22-34)26(4)50/h9-26,41-42H,7-8H2,1-6H3,(H,53,63)(H,54,64)(H,55,65)(H,56,66). The largest absolute Gasteiger partial charge is 0.488 e. The fourth-order valence-electron chi connectivity index (χ4n) is 6.21. The lowest BCUT2D eigenvalue weighted by atomic mass is 10.1. The maximum atomic E-state index is 13.7. The van der Waals surface area contributed by atoms with E-state index in [9.17, 15) is 28.8 Å². The Kier molecular flexibility index (Phi) is 18.7. The molecule has 4 N–H and O–H groups in total. The third-order valence-electron chi connectivity index (χ3n) is 9.66. The van der Waals surface area contributed by atoms with Gasteiger partial charge in [0.25, 0.3) is 23.6 Å². The molecule has 0 aliphatic carbocycles. The number of hydrogen-bond donors (Lipinski definition) is 4. The van der Waals surface area contributed by atoms with Crippen molar-refractivity contribution >= 4 is 116 Å². The average molecular weight is 1000 g/mol. The molecule has 0 aliphatic heterocycles. The molecule has 0 fully saturated rings. The number of Topliss-reactive ketones (excluding diaryl/α,β-unsaturated/α-hetero) is 2. The van der Waals surface area contributed by atoms with Gasteiger partial charge in [0, 0.05) is 22.5 Å². The van der Waals surface area contributed by atoms with Crippen molar-refractivity contribution < 1.29 is 38.2 Å². The predicted molar refractivity (Wildman–Crippen MR) is 264 cm³/mol. The molecular weight excluding hydrogens is 958 g/mol. The van der Waals surface area contributed by atoms with Gasteiger partial charge >= 0.3 is 0 Å². The average Bonchev–Trinajstić information content (AvgIpc) is 3.29. The lowest BCUT2D eigenvalue weighted by Crippen LogP contribution is -2.32. The molecule has 0 radical (unpaired) electrons. The first-order valence-electron chi connectivity index (χ1n) is 21.0. The van der Waals surface area contributed by atoms with Crippen LogP contribution in [0.25, 0.3) is 0 Å². The Hall–Kier alpha value is -6.72. The third-order valence-corrected chi connectivity index (χ3v) is 10.8. The van der Waals surface area contributed by atoms with Crippen LogP contribution in [0, 0.1) is 0 Å². The minimum absolute atomic E-state index is 0.0120. The quantitative estimate of drug-likeness (QED) is 0.0333. The van der Waals surface area contributed by atoms with Crippen LogP contribution in [-0.4, -0.2) is 60.5 Å². The molecule has 4 amide bonds. The summed E-state index contributed by atoms with van der Waals surface area (Å²) in [5.41, 5.74) is 3.07. The van der Waals surface area contributed by atoms with Crippen LogP contribution >= 0.6 is 46.4 Å².